The summed E-state index contributed by atoms with van der Waals surface area (Å²) in [5.74, 6) is 0.459. The van der Waals surface area contributed by atoms with E-state index in [2.05, 4.69) is 16.9 Å². The van der Waals surface area contributed by atoms with Crippen molar-refractivity contribution < 1.29 is 4.79 Å². The van der Waals surface area contributed by atoms with Crippen molar-refractivity contribution in [1.82, 2.24) is 4.90 Å². The van der Waals surface area contributed by atoms with Crippen LogP contribution in [0.1, 0.15) is 77.6 Å². The lowest BCUT2D eigenvalue weighted by atomic mass is 10.1. The molecular weight excluding hydrogens is 276 g/mol. The molecule has 126 valence electrons. The fourth-order valence-corrected chi connectivity index (χ4v) is 3.13. The SMILES string of the molecule is CCCCCCCCCCCCN1CC(CN=[N+]=[N-])CC1=O. The van der Waals surface area contributed by atoms with Crippen LogP contribution in [0.2, 0.25) is 0 Å². The number of amides is 1. The molecule has 0 aliphatic carbocycles. The number of azide groups is 1. The second-order valence-corrected chi connectivity index (χ2v) is 6.51. The Balaban J connectivity index is 1.94. The van der Waals surface area contributed by atoms with Gasteiger partial charge < -0.3 is 4.90 Å². The summed E-state index contributed by atoms with van der Waals surface area (Å²) in [6.45, 7) is 4.36. The summed E-state index contributed by atoms with van der Waals surface area (Å²) >= 11 is 0. The highest BCUT2D eigenvalue weighted by Gasteiger charge is 2.28. The van der Waals surface area contributed by atoms with E-state index in [4.69, 9.17) is 5.53 Å². The number of rotatable bonds is 13. The first-order chi connectivity index (χ1) is 10.8. The van der Waals surface area contributed by atoms with Gasteiger partial charge in [0.1, 0.15) is 0 Å². The first-order valence-electron chi connectivity index (χ1n) is 9.06. The molecule has 1 heterocycles. The minimum Gasteiger partial charge on any atom is -0.342 e. The van der Waals surface area contributed by atoms with E-state index < -0.39 is 0 Å². The van der Waals surface area contributed by atoms with Crippen molar-refractivity contribution in [3.63, 3.8) is 0 Å². The lowest BCUT2D eigenvalue weighted by molar-refractivity contribution is -0.127. The van der Waals surface area contributed by atoms with Crippen LogP contribution in [-0.2, 0) is 4.79 Å². The van der Waals surface area contributed by atoms with Crippen molar-refractivity contribution in [2.45, 2.75) is 77.6 Å². The zero-order valence-electron chi connectivity index (χ0n) is 14.2. The summed E-state index contributed by atoms with van der Waals surface area (Å²) in [4.78, 5) is 16.5. The molecule has 5 heteroatoms. The minimum atomic E-state index is 0.228. The smallest absolute Gasteiger partial charge is 0.222 e. The lowest BCUT2D eigenvalue weighted by Gasteiger charge is -2.16. The van der Waals surface area contributed by atoms with Crippen molar-refractivity contribution in [3.8, 4) is 0 Å². The summed E-state index contributed by atoms with van der Waals surface area (Å²) in [6, 6.07) is 0. The van der Waals surface area contributed by atoms with Crippen LogP contribution in [0.15, 0.2) is 5.11 Å². The van der Waals surface area contributed by atoms with Crippen LogP contribution in [0.5, 0.6) is 0 Å². The average Bonchev–Trinajstić information content (AvgIpc) is 2.87. The molecule has 1 amide bonds. The Morgan fingerprint density at radius 3 is 2.27 bits per heavy atom. The molecule has 1 saturated heterocycles. The Morgan fingerprint density at radius 1 is 1.09 bits per heavy atom. The number of nitrogens with zero attached hydrogens (tertiary/aromatic N) is 4. The Kier molecular flexibility index (Phi) is 10.6. The number of hydrogen-bond donors (Lipinski definition) is 0. The van der Waals surface area contributed by atoms with Crippen LogP contribution in [0, 0.1) is 5.92 Å². The highest BCUT2D eigenvalue weighted by Crippen LogP contribution is 2.19. The van der Waals surface area contributed by atoms with Gasteiger partial charge in [-0.3, -0.25) is 4.79 Å². The van der Waals surface area contributed by atoms with Gasteiger partial charge in [0.2, 0.25) is 5.91 Å². The summed E-state index contributed by atoms with van der Waals surface area (Å²) in [5, 5.41) is 3.58. The molecule has 1 atom stereocenters. The van der Waals surface area contributed by atoms with E-state index in [1.165, 1.54) is 57.8 Å². The van der Waals surface area contributed by atoms with Crippen LogP contribution in [0.4, 0.5) is 0 Å². The van der Waals surface area contributed by atoms with Crippen LogP contribution in [0.3, 0.4) is 0 Å². The van der Waals surface area contributed by atoms with Crippen molar-refractivity contribution in [3.05, 3.63) is 10.4 Å². The summed E-state index contributed by atoms with van der Waals surface area (Å²) in [7, 11) is 0. The van der Waals surface area contributed by atoms with Crippen molar-refractivity contribution in [1.29, 1.82) is 0 Å². The third kappa shape index (κ3) is 8.28. The number of carbonyl (C=O) groups excluding carboxylic acids is 1. The zero-order chi connectivity index (χ0) is 16.0. The first kappa shape index (κ1) is 18.8. The predicted molar refractivity (Wildman–Crippen MR) is 90.5 cm³/mol. The van der Waals surface area contributed by atoms with E-state index in [1.807, 2.05) is 4.90 Å². The van der Waals surface area contributed by atoms with Crippen molar-refractivity contribution in [2.24, 2.45) is 11.0 Å². The molecule has 0 saturated carbocycles. The Morgan fingerprint density at radius 2 is 1.68 bits per heavy atom. The lowest BCUT2D eigenvalue weighted by Crippen LogP contribution is -2.26. The number of hydrogen-bond acceptors (Lipinski definition) is 2. The van der Waals surface area contributed by atoms with Gasteiger partial charge in [0.05, 0.1) is 0 Å². The number of unbranched alkanes of at least 4 members (excludes halogenated alkanes) is 9. The van der Waals surface area contributed by atoms with Crippen LogP contribution < -0.4 is 0 Å². The molecule has 1 rings (SSSR count). The van der Waals surface area contributed by atoms with Crippen molar-refractivity contribution in [2.75, 3.05) is 19.6 Å². The maximum atomic E-state index is 11.8. The molecule has 1 fully saturated rings. The van der Waals surface area contributed by atoms with E-state index in [-0.39, 0.29) is 11.8 Å². The molecule has 0 N–H and O–H groups in total. The molecule has 0 bridgehead atoms. The molecule has 22 heavy (non-hydrogen) atoms. The van der Waals surface area contributed by atoms with E-state index in [0.29, 0.717) is 13.0 Å². The quantitative estimate of drug-likeness (QED) is 0.203. The van der Waals surface area contributed by atoms with Gasteiger partial charge in [0.25, 0.3) is 0 Å². The van der Waals surface area contributed by atoms with Crippen molar-refractivity contribution >= 4 is 5.91 Å². The van der Waals surface area contributed by atoms with Gasteiger partial charge in [-0.25, -0.2) is 0 Å². The topological polar surface area (TPSA) is 69.1 Å². The fraction of sp³-hybridized carbons (Fsp3) is 0.941. The summed E-state index contributed by atoms with van der Waals surface area (Å²) in [5.41, 5.74) is 8.32. The number of carbonyl (C=O) groups is 1. The maximum Gasteiger partial charge on any atom is 0.222 e. The predicted octanol–water partition coefficient (Wildman–Crippen LogP) is 5.07. The molecule has 1 unspecified atom stereocenters. The summed E-state index contributed by atoms with van der Waals surface area (Å²) in [6.07, 6.45) is 13.7. The molecule has 5 nitrogen and oxygen atoms in total. The number of likely N-dealkylation sites (tertiary alicyclic amines) is 1. The maximum absolute atomic E-state index is 11.8. The van der Waals surface area contributed by atoms with Crippen LogP contribution in [0.25, 0.3) is 10.4 Å². The Hall–Kier alpha value is -1.22. The fourth-order valence-electron chi connectivity index (χ4n) is 3.13. The van der Waals surface area contributed by atoms with Gasteiger partial charge in [-0.05, 0) is 17.9 Å². The average molecular weight is 308 g/mol. The standard InChI is InChI=1S/C17H32N4O/c1-2-3-4-5-6-7-8-9-10-11-12-21-15-16(13-17(21)22)14-19-20-18/h16H,2-15H2,1H3. The largest absolute Gasteiger partial charge is 0.342 e. The van der Waals surface area contributed by atoms with Gasteiger partial charge in [-0.15, -0.1) is 0 Å². The van der Waals surface area contributed by atoms with Gasteiger partial charge in [-0.2, -0.15) is 0 Å². The van der Waals surface area contributed by atoms with Gasteiger partial charge >= 0.3 is 0 Å². The third-order valence-corrected chi connectivity index (χ3v) is 4.48. The molecule has 1 aliphatic heterocycles. The highest BCUT2D eigenvalue weighted by atomic mass is 16.2. The molecular formula is C17H32N4O. The summed E-state index contributed by atoms with van der Waals surface area (Å²) < 4.78 is 0. The third-order valence-electron chi connectivity index (χ3n) is 4.48. The molecule has 0 aromatic carbocycles. The molecule has 0 aromatic rings. The molecule has 0 aromatic heterocycles. The van der Waals surface area contributed by atoms with Gasteiger partial charge in [0, 0.05) is 31.0 Å². The second kappa shape index (κ2) is 12.3. The van der Waals surface area contributed by atoms with Gasteiger partial charge in [0.15, 0.2) is 0 Å². The minimum absolute atomic E-state index is 0.228. The van der Waals surface area contributed by atoms with Crippen LogP contribution >= 0.6 is 0 Å². The molecule has 0 radical (unpaired) electrons. The van der Waals surface area contributed by atoms with Gasteiger partial charge in [-0.1, -0.05) is 69.8 Å². The van der Waals surface area contributed by atoms with E-state index >= 15 is 0 Å². The highest BCUT2D eigenvalue weighted by molar-refractivity contribution is 5.78. The Bertz CT molecular complexity index is 353. The second-order valence-electron chi connectivity index (χ2n) is 6.51. The molecule has 0 spiro atoms. The zero-order valence-corrected chi connectivity index (χ0v) is 14.2. The normalized spacial score (nSPS) is 17.8. The van der Waals surface area contributed by atoms with E-state index in [0.717, 1.165) is 19.5 Å². The molecule has 1 aliphatic rings. The van der Waals surface area contributed by atoms with E-state index in [9.17, 15) is 4.79 Å². The van der Waals surface area contributed by atoms with E-state index in [1.54, 1.807) is 0 Å². The Labute approximate surface area is 135 Å². The van der Waals surface area contributed by atoms with Crippen LogP contribution in [-0.4, -0.2) is 30.4 Å². The monoisotopic (exact) mass is 308 g/mol. The first-order valence-corrected chi connectivity index (χ1v) is 9.06.